The normalized spacial score (nSPS) is 10.8. The summed E-state index contributed by atoms with van der Waals surface area (Å²) in [5.41, 5.74) is 0.117. The quantitative estimate of drug-likeness (QED) is 0.672. The number of allylic oxidation sites excluding steroid dienone is 1. The average molecular weight is 265 g/mol. The first kappa shape index (κ1) is 12.4. The number of rotatable bonds is 4. The molecule has 1 aromatic heterocycles. The molecule has 0 bridgehead atoms. The largest absolute Gasteiger partial charge is 0.359 e. The zero-order valence-electron chi connectivity index (χ0n) is 9.19. The molecule has 2 nitrogen and oxygen atoms in total. The molecule has 0 amide bonds. The number of carbonyl (C=O) groups is 1. The maximum atomic E-state index is 13.2. The molecule has 0 aliphatic heterocycles. The first-order chi connectivity index (χ1) is 8.66. The lowest BCUT2D eigenvalue weighted by Gasteiger charge is -2.01. The number of anilines is 1. The Morgan fingerprint density at radius 1 is 1.28 bits per heavy atom. The highest BCUT2D eigenvalue weighted by molar-refractivity contribution is 7.12. The fourth-order valence-electron chi connectivity index (χ4n) is 1.31. The molecule has 0 aliphatic carbocycles. The van der Waals surface area contributed by atoms with Gasteiger partial charge >= 0.3 is 0 Å². The van der Waals surface area contributed by atoms with E-state index < -0.39 is 11.6 Å². The van der Waals surface area contributed by atoms with Gasteiger partial charge in [0, 0.05) is 18.3 Å². The van der Waals surface area contributed by atoms with Crippen molar-refractivity contribution in [2.24, 2.45) is 0 Å². The molecule has 0 atom stereocenters. The Morgan fingerprint density at radius 2 is 2.11 bits per heavy atom. The van der Waals surface area contributed by atoms with E-state index in [0.29, 0.717) is 4.88 Å². The van der Waals surface area contributed by atoms with Gasteiger partial charge in [0.05, 0.1) is 10.6 Å². The lowest BCUT2D eigenvalue weighted by atomic mass is 10.3. The molecule has 2 rings (SSSR count). The van der Waals surface area contributed by atoms with Crippen molar-refractivity contribution in [3.8, 4) is 0 Å². The van der Waals surface area contributed by atoms with Crippen molar-refractivity contribution < 1.29 is 13.6 Å². The summed E-state index contributed by atoms with van der Waals surface area (Å²) < 4.78 is 25.9. The Balaban J connectivity index is 2.01. The predicted octanol–water partition coefficient (Wildman–Crippen LogP) is 3.83. The van der Waals surface area contributed by atoms with Crippen molar-refractivity contribution in [1.82, 2.24) is 0 Å². The van der Waals surface area contributed by atoms with E-state index in [0.717, 1.165) is 12.1 Å². The van der Waals surface area contributed by atoms with Gasteiger partial charge < -0.3 is 5.32 Å². The Morgan fingerprint density at radius 3 is 2.78 bits per heavy atom. The van der Waals surface area contributed by atoms with Crippen LogP contribution in [-0.2, 0) is 0 Å². The SMILES string of the molecule is O=C(C=CNc1ccc(F)cc1F)c1cccs1. The van der Waals surface area contributed by atoms with Crippen LogP contribution in [0.15, 0.2) is 48.0 Å². The Labute approximate surface area is 107 Å². The fraction of sp³-hybridized carbons (Fsp3) is 0. The molecule has 2 aromatic rings. The first-order valence-electron chi connectivity index (χ1n) is 5.13. The van der Waals surface area contributed by atoms with Crippen molar-refractivity contribution >= 4 is 22.8 Å². The van der Waals surface area contributed by atoms with E-state index in [4.69, 9.17) is 0 Å². The van der Waals surface area contributed by atoms with Crippen LogP contribution < -0.4 is 5.32 Å². The number of nitrogens with one attached hydrogen (secondary N) is 1. The molecule has 5 heteroatoms. The van der Waals surface area contributed by atoms with E-state index in [9.17, 15) is 13.6 Å². The molecule has 0 fully saturated rings. The van der Waals surface area contributed by atoms with E-state index in [1.54, 1.807) is 17.5 Å². The van der Waals surface area contributed by atoms with Gasteiger partial charge in [-0.2, -0.15) is 0 Å². The van der Waals surface area contributed by atoms with E-state index >= 15 is 0 Å². The van der Waals surface area contributed by atoms with Gasteiger partial charge in [0.2, 0.25) is 0 Å². The molecule has 92 valence electrons. The smallest absolute Gasteiger partial charge is 0.197 e. The average Bonchev–Trinajstić information content (AvgIpc) is 2.85. The van der Waals surface area contributed by atoms with Crippen LogP contribution >= 0.6 is 11.3 Å². The van der Waals surface area contributed by atoms with Crippen molar-refractivity contribution in [2.45, 2.75) is 0 Å². The third-order valence-corrected chi connectivity index (χ3v) is 3.05. The second-order valence-corrected chi connectivity index (χ2v) is 4.39. The molecule has 0 spiro atoms. The summed E-state index contributed by atoms with van der Waals surface area (Å²) in [5, 5.41) is 4.39. The second kappa shape index (κ2) is 5.55. The van der Waals surface area contributed by atoms with Crippen LogP contribution in [0.2, 0.25) is 0 Å². The molecular weight excluding hydrogens is 256 g/mol. The number of hydrogen-bond donors (Lipinski definition) is 1. The van der Waals surface area contributed by atoms with Gasteiger partial charge in [0.15, 0.2) is 5.78 Å². The van der Waals surface area contributed by atoms with Crippen molar-refractivity contribution in [3.63, 3.8) is 0 Å². The molecule has 0 unspecified atom stereocenters. The number of halogens is 2. The summed E-state index contributed by atoms with van der Waals surface area (Å²) in [6.45, 7) is 0. The highest BCUT2D eigenvalue weighted by Gasteiger charge is 2.03. The number of thiophene rings is 1. The zero-order valence-corrected chi connectivity index (χ0v) is 10.0. The Kier molecular flexibility index (Phi) is 3.84. The highest BCUT2D eigenvalue weighted by Crippen LogP contribution is 2.15. The maximum absolute atomic E-state index is 13.2. The minimum atomic E-state index is -0.705. The highest BCUT2D eigenvalue weighted by atomic mass is 32.1. The van der Waals surface area contributed by atoms with Gasteiger partial charge in [-0.05, 0) is 23.6 Å². The minimum absolute atomic E-state index is 0.117. The summed E-state index contributed by atoms with van der Waals surface area (Å²) >= 11 is 1.33. The van der Waals surface area contributed by atoms with E-state index in [2.05, 4.69) is 5.32 Å². The second-order valence-electron chi connectivity index (χ2n) is 3.44. The maximum Gasteiger partial charge on any atom is 0.197 e. The lowest BCUT2D eigenvalue weighted by Crippen LogP contribution is -1.95. The van der Waals surface area contributed by atoms with E-state index in [1.807, 2.05) is 0 Å². The summed E-state index contributed by atoms with van der Waals surface area (Å²) in [6, 6.07) is 6.66. The van der Waals surface area contributed by atoms with Crippen LogP contribution in [0.1, 0.15) is 9.67 Å². The molecule has 1 aromatic carbocycles. The van der Waals surface area contributed by atoms with Crippen LogP contribution in [-0.4, -0.2) is 5.78 Å². The fourth-order valence-corrected chi connectivity index (χ4v) is 1.96. The molecule has 1 heterocycles. The van der Waals surface area contributed by atoms with Gasteiger partial charge in [0.1, 0.15) is 11.6 Å². The molecule has 0 radical (unpaired) electrons. The van der Waals surface area contributed by atoms with Crippen molar-refractivity contribution in [3.05, 3.63) is 64.5 Å². The molecule has 18 heavy (non-hydrogen) atoms. The van der Waals surface area contributed by atoms with Crippen molar-refractivity contribution in [2.75, 3.05) is 5.32 Å². The third-order valence-electron chi connectivity index (χ3n) is 2.17. The topological polar surface area (TPSA) is 29.1 Å². The third kappa shape index (κ3) is 3.01. The van der Waals surface area contributed by atoms with Gasteiger partial charge in [-0.15, -0.1) is 11.3 Å². The Bertz CT molecular complexity index is 579. The Hall–Kier alpha value is -2.01. The summed E-state index contributed by atoms with van der Waals surface area (Å²) in [4.78, 5) is 12.2. The molecule has 1 N–H and O–H groups in total. The summed E-state index contributed by atoms with van der Waals surface area (Å²) in [7, 11) is 0. The van der Waals surface area contributed by atoms with Crippen molar-refractivity contribution in [1.29, 1.82) is 0 Å². The summed E-state index contributed by atoms with van der Waals surface area (Å²) in [6.07, 6.45) is 2.63. The van der Waals surface area contributed by atoms with Crippen LogP contribution in [0.3, 0.4) is 0 Å². The molecule has 0 aliphatic rings. The van der Waals surface area contributed by atoms with Crippen LogP contribution in [0.25, 0.3) is 0 Å². The van der Waals surface area contributed by atoms with Gasteiger partial charge in [-0.25, -0.2) is 8.78 Å². The van der Waals surface area contributed by atoms with Gasteiger partial charge in [0.25, 0.3) is 0 Å². The molecular formula is C13H9F2NOS. The number of hydrogen-bond acceptors (Lipinski definition) is 3. The predicted molar refractivity (Wildman–Crippen MR) is 67.8 cm³/mol. The van der Waals surface area contributed by atoms with Gasteiger partial charge in [-0.1, -0.05) is 6.07 Å². The monoisotopic (exact) mass is 265 g/mol. The molecule has 0 saturated heterocycles. The first-order valence-corrected chi connectivity index (χ1v) is 6.01. The minimum Gasteiger partial charge on any atom is -0.359 e. The van der Waals surface area contributed by atoms with E-state index in [1.165, 1.54) is 29.7 Å². The van der Waals surface area contributed by atoms with E-state index in [-0.39, 0.29) is 11.5 Å². The number of benzene rings is 1. The summed E-state index contributed by atoms with van der Waals surface area (Å²) in [5.74, 6) is -1.51. The molecule has 0 saturated carbocycles. The lowest BCUT2D eigenvalue weighted by molar-refractivity contribution is 0.105. The standard InChI is InChI=1S/C13H9F2NOS/c14-9-3-4-11(10(15)8-9)16-6-5-12(17)13-2-1-7-18-13/h1-8,16H. The van der Waals surface area contributed by atoms with Gasteiger partial charge in [-0.3, -0.25) is 4.79 Å². The zero-order chi connectivity index (χ0) is 13.0. The van der Waals surface area contributed by atoms with Crippen LogP contribution in [0.4, 0.5) is 14.5 Å². The number of carbonyl (C=O) groups excluding carboxylic acids is 1. The van der Waals surface area contributed by atoms with Crippen LogP contribution in [0, 0.1) is 11.6 Å². The van der Waals surface area contributed by atoms with Crippen LogP contribution in [0.5, 0.6) is 0 Å². The number of ketones is 1.